The molecule has 0 spiro atoms. The molecule has 0 unspecified atom stereocenters. The van der Waals surface area contributed by atoms with Crippen molar-refractivity contribution in [1.29, 1.82) is 0 Å². The first-order valence-electron chi connectivity index (χ1n) is 9.67. The van der Waals surface area contributed by atoms with Gasteiger partial charge in [0, 0.05) is 23.9 Å². The number of hydrogen-bond acceptors (Lipinski definition) is 5. The lowest BCUT2D eigenvalue weighted by molar-refractivity contribution is 0.114. The summed E-state index contributed by atoms with van der Waals surface area (Å²) in [4.78, 5) is 7.14. The average molecular weight is 367 g/mol. The molecule has 1 heterocycles. The molecule has 2 aromatic carbocycles. The normalized spacial score (nSPS) is 11.4. The molecule has 1 N–H and O–H groups in total. The van der Waals surface area contributed by atoms with Crippen molar-refractivity contribution in [2.75, 3.05) is 51.8 Å². The maximum absolute atomic E-state index is 5.81. The van der Waals surface area contributed by atoms with Gasteiger partial charge in [-0.2, -0.15) is 0 Å². The van der Waals surface area contributed by atoms with E-state index in [9.17, 15) is 0 Å². The number of hydrogen-bond donors (Lipinski definition) is 1. The number of ether oxygens (including phenoxy) is 2. The van der Waals surface area contributed by atoms with Gasteiger partial charge < -0.3 is 19.7 Å². The summed E-state index contributed by atoms with van der Waals surface area (Å²) >= 11 is 0. The molecule has 0 atom stereocenters. The summed E-state index contributed by atoms with van der Waals surface area (Å²) in [5.41, 5.74) is 3.03. The minimum atomic E-state index is 0.670. The lowest BCUT2D eigenvalue weighted by atomic mass is 10.1. The van der Waals surface area contributed by atoms with Crippen LogP contribution in [0, 0.1) is 0 Å². The Balaban J connectivity index is 1.73. The van der Waals surface area contributed by atoms with Crippen molar-refractivity contribution < 1.29 is 9.47 Å². The Morgan fingerprint density at radius 3 is 2.52 bits per heavy atom. The van der Waals surface area contributed by atoms with Gasteiger partial charge in [0.2, 0.25) is 0 Å². The van der Waals surface area contributed by atoms with Crippen LogP contribution >= 0.6 is 0 Å². The standard InChI is InChI=1S/C22H29N3O2/c1-4-25(5-2)13-15-27-14-12-23-22-18-8-6-7-9-20(18)24-21-11-10-17(26-3)16-19(21)22/h6-11,16H,4-5,12-15H2,1-3H3,(H,23,24). The molecule has 5 heteroatoms. The predicted octanol–water partition coefficient (Wildman–Crippen LogP) is 4.17. The van der Waals surface area contributed by atoms with Crippen LogP contribution in [0.4, 0.5) is 5.69 Å². The fraction of sp³-hybridized carbons (Fsp3) is 0.409. The summed E-state index contributed by atoms with van der Waals surface area (Å²) in [6.07, 6.45) is 0. The first kappa shape index (κ1) is 19.4. The van der Waals surface area contributed by atoms with E-state index in [1.165, 1.54) is 0 Å². The number of anilines is 1. The number of para-hydroxylation sites is 1. The molecule has 0 saturated heterocycles. The van der Waals surface area contributed by atoms with Crippen LogP contribution in [0.5, 0.6) is 5.75 Å². The van der Waals surface area contributed by atoms with E-state index in [4.69, 9.17) is 14.5 Å². The number of benzene rings is 2. The number of aromatic nitrogens is 1. The van der Waals surface area contributed by atoms with E-state index in [-0.39, 0.29) is 0 Å². The van der Waals surface area contributed by atoms with Gasteiger partial charge in [0.1, 0.15) is 5.75 Å². The summed E-state index contributed by atoms with van der Waals surface area (Å²) in [5, 5.41) is 5.74. The molecule has 1 aromatic heterocycles. The van der Waals surface area contributed by atoms with Crippen LogP contribution in [0.3, 0.4) is 0 Å². The van der Waals surface area contributed by atoms with Crippen molar-refractivity contribution in [2.45, 2.75) is 13.8 Å². The molecule has 0 aliphatic heterocycles. The van der Waals surface area contributed by atoms with Crippen molar-refractivity contribution in [2.24, 2.45) is 0 Å². The van der Waals surface area contributed by atoms with E-state index in [0.29, 0.717) is 6.61 Å². The fourth-order valence-electron chi connectivity index (χ4n) is 3.27. The first-order chi connectivity index (χ1) is 13.3. The molecule has 27 heavy (non-hydrogen) atoms. The van der Waals surface area contributed by atoms with Crippen LogP contribution in [0.25, 0.3) is 21.8 Å². The number of nitrogens with zero attached hydrogens (tertiary/aromatic N) is 2. The third kappa shape index (κ3) is 4.67. The van der Waals surface area contributed by atoms with Crippen LogP contribution in [-0.2, 0) is 4.74 Å². The van der Waals surface area contributed by atoms with Gasteiger partial charge in [-0.1, -0.05) is 32.0 Å². The van der Waals surface area contributed by atoms with Crippen molar-refractivity contribution in [1.82, 2.24) is 9.88 Å². The molecule has 3 aromatic rings. The van der Waals surface area contributed by atoms with Gasteiger partial charge in [0.05, 0.1) is 37.0 Å². The van der Waals surface area contributed by atoms with Crippen molar-refractivity contribution in [3.63, 3.8) is 0 Å². The number of likely N-dealkylation sites (N-methyl/N-ethyl adjacent to an activating group) is 1. The van der Waals surface area contributed by atoms with Crippen LogP contribution < -0.4 is 10.1 Å². The second-order valence-electron chi connectivity index (χ2n) is 6.45. The number of nitrogens with one attached hydrogen (secondary N) is 1. The predicted molar refractivity (Wildman–Crippen MR) is 113 cm³/mol. The number of methoxy groups -OCH3 is 1. The Bertz CT molecular complexity index is 878. The van der Waals surface area contributed by atoms with Crippen molar-refractivity contribution in [3.05, 3.63) is 42.5 Å². The zero-order valence-electron chi connectivity index (χ0n) is 16.5. The van der Waals surface area contributed by atoms with Gasteiger partial charge in [0.25, 0.3) is 0 Å². The van der Waals surface area contributed by atoms with Crippen molar-refractivity contribution in [3.8, 4) is 5.75 Å². The molecular weight excluding hydrogens is 338 g/mol. The third-order valence-corrected chi connectivity index (χ3v) is 4.88. The van der Waals surface area contributed by atoms with Crippen LogP contribution in [-0.4, -0.2) is 56.4 Å². The Kier molecular flexibility index (Phi) is 6.85. The largest absolute Gasteiger partial charge is 0.497 e. The summed E-state index contributed by atoms with van der Waals surface area (Å²) in [5.74, 6) is 0.832. The van der Waals surface area contributed by atoms with E-state index < -0.39 is 0 Å². The van der Waals surface area contributed by atoms with Gasteiger partial charge in [0.15, 0.2) is 0 Å². The molecule has 3 rings (SSSR count). The molecule has 0 amide bonds. The highest BCUT2D eigenvalue weighted by molar-refractivity contribution is 6.07. The topological polar surface area (TPSA) is 46.6 Å². The lowest BCUT2D eigenvalue weighted by Crippen LogP contribution is -2.27. The highest BCUT2D eigenvalue weighted by atomic mass is 16.5. The van der Waals surface area contributed by atoms with Gasteiger partial charge in [-0.05, 0) is 37.4 Å². The van der Waals surface area contributed by atoms with Gasteiger partial charge in [-0.3, -0.25) is 0 Å². The second kappa shape index (κ2) is 9.53. The average Bonchev–Trinajstić information content (AvgIpc) is 2.72. The van der Waals surface area contributed by atoms with E-state index in [1.54, 1.807) is 7.11 Å². The van der Waals surface area contributed by atoms with E-state index in [0.717, 1.165) is 66.0 Å². The minimum Gasteiger partial charge on any atom is -0.497 e. The smallest absolute Gasteiger partial charge is 0.119 e. The molecule has 0 saturated carbocycles. The Hall–Kier alpha value is -2.37. The van der Waals surface area contributed by atoms with E-state index in [1.807, 2.05) is 36.4 Å². The minimum absolute atomic E-state index is 0.670. The van der Waals surface area contributed by atoms with Gasteiger partial charge in [-0.25, -0.2) is 4.98 Å². The maximum atomic E-state index is 5.81. The Labute approximate surface area is 161 Å². The molecule has 0 aliphatic carbocycles. The SMILES string of the molecule is CCN(CC)CCOCCNc1c2ccccc2nc2ccc(OC)cc12. The zero-order valence-corrected chi connectivity index (χ0v) is 16.5. The Morgan fingerprint density at radius 2 is 1.74 bits per heavy atom. The second-order valence-corrected chi connectivity index (χ2v) is 6.45. The third-order valence-electron chi connectivity index (χ3n) is 4.88. The molecular formula is C22H29N3O2. The highest BCUT2D eigenvalue weighted by Crippen LogP contribution is 2.32. The van der Waals surface area contributed by atoms with Crippen LogP contribution in [0.1, 0.15) is 13.8 Å². The molecule has 144 valence electrons. The number of fused-ring (bicyclic) bond motifs is 2. The number of pyridine rings is 1. The number of rotatable bonds is 10. The van der Waals surface area contributed by atoms with Crippen LogP contribution in [0.15, 0.2) is 42.5 Å². The quantitative estimate of drug-likeness (QED) is 0.430. The van der Waals surface area contributed by atoms with E-state index >= 15 is 0 Å². The summed E-state index contributed by atoms with van der Waals surface area (Å²) in [6.45, 7) is 9.64. The molecule has 5 nitrogen and oxygen atoms in total. The molecule has 0 fully saturated rings. The zero-order chi connectivity index (χ0) is 19.1. The fourth-order valence-corrected chi connectivity index (χ4v) is 3.27. The van der Waals surface area contributed by atoms with Gasteiger partial charge in [-0.15, -0.1) is 0 Å². The molecule has 0 bridgehead atoms. The summed E-state index contributed by atoms with van der Waals surface area (Å²) < 4.78 is 11.2. The Morgan fingerprint density at radius 1 is 0.963 bits per heavy atom. The van der Waals surface area contributed by atoms with E-state index in [2.05, 4.69) is 30.1 Å². The van der Waals surface area contributed by atoms with Gasteiger partial charge >= 0.3 is 0 Å². The molecule has 0 radical (unpaired) electrons. The maximum Gasteiger partial charge on any atom is 0.119 e. The highest BCUT2D eigenvalue weighted by Gasteiger charge is 2.10. The monoisotopic (exact) mass is 367 g/mol. The van der Waals surface area contributed by atoms with Crippen LogP contribution in [0.2, 0.25) is 0 Å². The molecule has 0 aliphatic rings. The first-order valence-corrected chi connectivity index (χ1v) is 9.67. The lowest BCUT2D eigenvalue weighted by Gasteiger charge is -2.18. The summed E-state index contributed by atoms with van der Waals surface area (Å²) in [7, 11) is 1.69. The van der Waals surface area contributed by atoms with Crippen molar-refractivity contribution >= 4 is 27.5 Å². The summed E-state index contributed by atoms with van der Waals surface area (Å²) in [6, 6.07) is 14.2.